The molecule has 0 saturated carbocycles. The quantitative estimate of drug-likeness (QED) is 0.0771. The third kappa shape index (κ3) is 9.92. The largest absolute Gasteiger partial charge is 0.411 e. The maximum absolute atomic E-state index is 15.9. The molecule has 12 nitrogen and oxygen atoms in total. The smallest absolute Gasteiger partial charge is 0.269 e. The summed E-state index contributed by atoms with van der Waals surface area (Å²) in [5.41, 5.74) is -4.92. The summed E-state index contributed by atoms with van der Waals surface area (Å²) in [6.07, 6.45) is -7.53. The fourth-order valence-electron chi connectivity index (χ4n) is 13.1. The summed E-state index contributed by atoms with van der Waals surface area (Å²) in [7, 11) is 0. The molecule has 0 fully saturated rings. The number of halogens is 6. The van der Waals surface area contributed by atoms with Gasteiger partial charge in [0.2, 0.25) is 5.41 Å². The standard InChI is InChI=1S/C75H58F6N4O8/c1-69(2,43-15-25-53(26-16-43)82-61(86)35-36-62(82)87)47-11-9-13-49(39-47)71(5,6)45-19-29-55(30-20-45)84-65(90)57-33-23-51(41-59(57)67(84)92)73(74(76,77)78,75(79,80)81)52-24-34-58-60(42-52)68(93)85(66(58)91)56-31-21-46(22-32-56)72(7,8)50-14-10-12-48(40-50)70(3,4)44-17-27-54(28-18-44)83-63(88)37-38-64(83)89/h9-42H,1-8H3. The molecule has 0 unspecified atom stereocenters. The lowest BCUT2D eigenvalue weighted by Gasteiger charge is -2.38. The van der Waals surface area contributed by atoms with E-state index in [9.17, 15) is 38.4 Å². The van der Waals surface area contributed by atoms with Gasteiger partial charge in [0.15, 0.2) is 0 Å². The molecule has 8 aromatic rings. The molecule has 4 aliphatic heterocycles. The molecule has 8 aromatic carbocycles. The third-order valence-electron chi connectivity index (χ3n) is 19.1. The number of fused-ring (bicyclic) bond motifs is 2. The number of nitrogens with zero attached hydrogens (tertiary/aromatic N) is 4. The minimum Gasteiger partial charge on any atom is -0.269 e. The maximum Gasteiger partial charge on any atom is 0.411 e. The summed E-state index contributed by atoms with van der Waals surface area (Å²) in [5, 5.41) is 0. The van der Waals surface area contributed by atoms with E-state index < -0.39 is 120 Å². The fourth-order valence-corrected chi connectivity index (χ4v) is 13.1. The molecule has 0 aromatic heterocycles. The van der Waals surface area contributed by atoms with Crippen LogP contribution in [0, 0.1) is 0 Å². The number of hydrogen-bond donors (Lipinski definition) is 0. The number of benzene rings is 8. The number of imide groups is 4. The number of carbonyl (C=O) groups is 8. The van der Waals surface area contributed by atoms with Crippen molar-refractivity contribution in [3.8, 4) is 0 Å². The van der Waals surface area contributed by atoms with Crippen LogP contribution in [0.25, 0.3) is 0 Å². The zero-order valence-corrected chi connectivity index (χ0v) is 51.5. The van der Waals surface area contributed by atoms with Gasteiger partial charge in [0.25, 0.3) is 47.3 Å². The molecule has 8 amide bonds. The van der Waals surface area contributed by atoms with Gasteiger partial charge in [-0.05, 0) is 128 Å². The van der Waals surface area contributed by atoms with Gasteiger partial charge in [-0.2, -0.15) is 26.3 Å². The van der Waals surface area contributed by atoms with Crippen LogP contribution in [-0.4, -0.2) is 59.6 Å². The van der Waals surface area contributed by atoms with E-state index in [2.05, 4.69) is 0 Å². The normalized spacial score (nSPS) is 15.6. The Hall–Kier alpha value is -10.6. The lowest BCUT2D eigenvalue weighted by atomic mass is 9.71. The first-order valence-corrected chi connectivity index (χ1v) is 29.7. The van der Waals surface area contributed by atoms with Crippen molar-refractivity contribution in [2.45, 2.75) is 94.8 Å². The van der Waals surface area contributed by atoms with E-state index in [1.165, 1.54) is 48.6 Å². The molecule has 0 N–H and O–H groups in total. The molecule has 468 valence electrons. The molecule has 0 radical (unpaired) electrons. The van der Waals surface area contributed by atoms with Crippen LogP contribution in [0.4, 0.5) is 49.1 Å². The lowest BCUT2D eigenvalue weighted by Crippen LogP contribution is -2.55. The van der Waals surface area contributed by atoms with Crippen molar-refractivity contribution in [3.63, 3.8) is 0 Å². The predicted octanol–water partition coefficient (Wildman–Crippen LogP) is 14.9. The molecular formula is C75H58F6N4O8. The van der Waals surface area contributed by atoms with Crippen molar-refractivity contribution in [1.82, 2.24) is 0 Å². The van der Waals surface area contributed by atoms with Crippen LogP contribution in [0.1, 0.15) is 152 Å². The Morgan fingerprint density at radius 2 is 0.473 bits per heavy atom. The molecule has 0 saturated heterocycles. The lowest BCUT2D eigenvalue weighted by molar-refractivity contribution is -0.288. The van der Waals surface area contributed by atoms with Gasteiger partial charge in [-0.3, -0.25) is 38.4 Å². The number of alkyl halides is 6. The summed E-state index contributed by atoms with van der Waals surface area (Å²) in [6, 6.07) is 45.8. The molecule has 0 aliphatic carbocycles. The minimum absolute atomic E-state index is 0.000715. The van der Waals surface area contributed by atoms with Gasteiger partial charge in [0.1, 0.15) is 0 Å². The number of amides is 8. The summed E-state index contributed by atoms with van der Waals surface area (Å²) in [4.78, 5) is 109. The van der Waals surface area contributed by atoms with Crippen LogP contribution in [0.2, 0.25) is 0 Å². The fraction of sp³-hybridized carbons (Fsp3) is 0.200. The monoisotopic (exact) mass is 1260 g/mol. The van der Waals surface area contributed by atoms with Crippen LogP contribution in [0.3, 0.4) is 0 Å². The SMILES string of the molecule is CC(C)(c1ccc(N2C(=O)C=CC2=O)cc1)c1cccc(C(C)(C)c2ccc(N3C(=O)c4ccc(C(c5ccc6c(c5)C(=O)N(c5ccc(C(C)(C)c7cccc(C(C)(C)c8ccc(N9C(=O)C=CC9=O)cc8)c7)cc5)C6=O)(C(F)(F)F)C(F)(F)F)cc4C3=O)cc2)c1. The Labute approximate surface area is 531 Å². The van der Waals surface area contributed by atoms with Gasteiger partial charge in [0.05, 0.1) is 45.0 Å². The van der Waals surface area contributed by atoms with E-state index in [0.29, 0.717) is 45.4 Å². The van der Waals surface area contributed by atoms with E-state index in [1.807, 2.05) is 128 Å². The van der Waals surface area contributed by atoms with Crippen LogP contribution in [0.5, 0.6) is 0 Å². The minimum atomic E-state index is -6.19. The average Bonchev–Trinajstić information content (AvgIpc) is 1.69. The molecule has 93 heavy (non-hydrogen) atoms. The summed E-state index contributed by atoms with van der Waals surface area (Å²) >= 11 is 0. The van der Waals surface area contributed by atoms with Crippen molar-refractivity contribution in [3.05, 3.63) is 284 Å². The Bertz CT molecular complexity index is 4270. The Morgan fingerprint density at radius 1 is 0.247 bits per heavy atom. The Balaban J connectivity index is 0.779. The van der Waals surface area contributed by atoms with Crippen molar-refractivity contribution in [2.75, 3.05) is 19.6 Å². The second kappa shape index (κ2) is 21.8. The van der Waals surface area contributed by atoms with Crippen LogP contribution in [-0.2, 0) is 46.3 Å². The van der Waals surface area contributed by atoms with E-state index in [0.717, 1.165) is 66.4 Å². The van der Waals surface area contributed by atoms with Crippen LogP contribution < -0.4 is 19.6 Å². The van der Waals surface area contributed by atoms with Gasteiger partial charge in [0, 0.05) is 46.0 Å². The van der Waals surface area contributed by atoms with E-state index in [-0.39, 0.29) is 11.4 Å². The van der Waals surface area contributed by atoms with Gasteiger partial charge < -0.3 is 0 Å². The second-order valence-electron chi connectivity index (χ2n) is 25.7. The van der Waals surface area contributed by atoms with E-state index in [4.69, 9.17) is 0 Å². The summed E-state index contributed by atoms with van der Waals surface area (Å²) in [5.74, 6) is -6.04. The molecule has 12 rings (SSSR count). The van der Waals surface area contributed by atoms with Crippen molar-refractivity contribution in [2.24, 2.45) is 0 Å². The van der Waals surface area contributed by atoms with Crippen LogP contribution in [0.15, 0.2) is 206 Å². The molecule has 0 spiro atoms. The zero-order chi connectivity index (χ0) is 66.9. The van der Waals surface area contributed by atoms with Crippen LogP contribution >= 0.6 is 0 Å². The topological polar surface area (TPSA) is 150 Å². The zero-order valence-electron chi connectivity index (χ0n) is 51.5. The van der Waals surface area contributed by atoms with Gasteiger partial charge in [-0.1, -0.05) is 165 Å². The third-order valence-corrected chi connectivity index (χ3v) is 19.1. The summed E-state index contributed by atoms with van der Waals surface area (Å²) < 4.78 is 95.3. The Morgan fingerprint density at radius 3 is 0.720 bits per heavy atom. The maximum atomic E-state index is 15.9. The molecule has 18 heteroatoms. The molecule has 0 bridgehead atoms. The number of anilines is 4. The average molecular weight is 1260 g/mol. The summed E-state index contributed by atoms with van der Waals surface area (Å²) in [6.45, 7) is 16.0. The highest BCUT2D eigenvalue weighted by molar-refractivity contribution is 6.35. The number of rotatable bonds is 14. The highest BCUT2D eigenvalue weighted by Crippen LogP contribution is 2.57. The van der Waals surface area contributed by atoms with Crippen molar-refractivity contribution in [1.29, 1.82) is 0 Å². The van der Waals surface area contributed by atoms with E-state index in [1.54, 1.807) is 48.5 Å². The molecule has 4 heterocycles. The highest BCUT2D eigenvalue weighted by Gasteiger charge is 2.73. The predicted molar refractivity (Wildman–Crippen MR) is 338 cm³/mol. The van der Waals surface area contributed by atoms with Crippen molar-refractivity contribution >= 4 is 70.0 Å². The number of carbonyl (C=O) groups excluding carboxylic acids is 8. The first-order valence-electron chi connectivity index (χ1n) is 29.7. The molecular weight excluding hydrogens is 1200 g/mol. The molecule has 4 aliphatic rings. The van der Waals surface area contributed by atoms with Gasteiger partial charge in [-0.25, -0.2) is 19.6 Å². The molecule has 0 atom stereocenters. The van der Waals surface area contributed by atoms with Gasteiger partial charge >= 0.3 is 12.4 Å². The first kappa shape index (κ1) is 62.6. The van der Waals surface area contributed by atoms with Crippen molar-refractivity contribution < 1.29 is 64.7 Å². The number of hydrogen-bond acceptors (Lipinski definition) is 8. The Kier molecular flexibility index (Phi) is 14.7. The highest BCUT2D eigenvalue weighted by atomic mass is 19.4. The van der Waals surface area contributed by atoms with Gasteiger partial charge in [-0.15, -0.1) is 0 Å². The van der Waals surface area contributed by atoms with E-state index >= 15 is 26.3 Å². The second-order valence-corrected chi connectivity index (χ2v) is 25.7. The first-order chi connectivity index (χ1) is 43.7.